The smallest absolute Gasteiger partial charge is 0.194 e. The molecule has 5 heteroatoms. The molecule has 1 saturated heterocycles. The summed E-state index contributed by atoms with van der Waals surface area (Å²) in [5.74, 6) is -1.17. The van der Waals surface area contributed by atoms with Crippen LogP contribution in [0.5, 0.6) is 11.5 Å². The highest BCUT2D eigenvalue weighted by atomic mass is 19.1. The molecule has 0 bridgehead atoms. The van der Waals surface area contributed by atoms with Gasteiger partial charge in [0.1, 0.15) is 0 Å². The number of benzene rings is 1. The van der Waals surface area contributed by atoms with Gasteiger partial charge in [-0.15, -0.1) is 0 Å². The summed E-state index contributed by atoms with van der Waals surface area (Å²) in [6.45, 7) is 0.963. The van der Waals surface area contributed by atoms with Gasteiger partial charge < -0.3 is 19.3 Å². The minimum atomic E-state index is -0.747. The molecule has 0 aromatic heterocycles. The number of aromatic hydroxyl groups is 1. The first-order valence-electron chi connectivity index (χ1n) is 4.52. The number of phenolic OH excluding ortho intramolecular Hbond substituents is 1. The molecule has 0 amide bonds. The fourth-order valence-electron chi connectivity index (χ4n) is 1.44. The van der Waals surface area contributed by atoms with E-state index >= 15 is 0 Å². The summed E-state index contributed by atoms with van der Waals surface area (Å²) < 4.78 is 28.5. The SMILES string of the molecule is COc1cc(C2OCCO2)cc(F)c1O. The molecule has 0 atom stereocenters. The van der Waals surface area contributed by atoms with Gasteiger partial charge in [-0.3, -0.25) is 0 Å². The molecule has 15 heavy (non-hydrogen) atoms. The summed E-state index contributed by atoms with van der Waals surface area (Å²) in [5.41, 5.74) is 0.500. The summed E-state index contributed by atoms with van der Waals surface area (Å²) >= 11 is 0. The Morgan fingerprint density at radius 1 is 1.40 bits per heavy atom. The van der Waals surface area contributed by atoms with Crippen LogP contribution >= 0.6 is 0 Å². The number of rotatable bonds is 2. The van der Waals surface area contributed by atoms with Crippen molar-refractivity contribution in [2.45, 2.75) is 6.29 Å². The summed E-state index contributed by atoms with van der Waals surface area (Å²) in [7, 11) is 1.36. The second kappa shape index (κ2) is 4.04. The molecule has 1 aromatic carbocycles. The Morgan fingerprint density at radius 2 is 2.07 bits per heavy atom. The second-order valence-electron chi connectivity index (χ2n) is 3.13. The molecule has 4 nitrogen and oxygen atoms in total. The maximum Gasteiger partial charge on any atom is 0.194 e. The first kappa shape index (κ1) is 10.2. The van der Waals surface area contributed by atoms with Crippen molar-refractivity contribution in [3.63, 3.8) is 0 Å². The van der Waals surface area contributed by atoms with Crippen LogP contribution in [0.4, 0.5) is 4.39 Å². The van der Waals surface area contributed by atoms with E-state index in [0.29, 0.717) is 18.8 Å². The van der Waals surface area contributed by atoms with E-state index in [4.69, 9.17) is 14.2 Å². The van der Waals surface area contributed by atoms with Crippen LogP contribution in [0.15, 0.2) is 12.1 Å². The number of ether oxygens (including phenoxy) is 3. The molecule has 1 aliphatic heterocycles. The van der Waals surface area contributed by atoms with Crippen LogP contribution in [0.25, 0.3) is 0 Å². The zero-order valence-electron chi connectivity index (χ0n) is 8.20. The molecule has 0 spiro atoms. The van der Waals surface area contributed by atoms with Crippen LogP contribution in [-0.4, -0.2) is 25.4 Å². The first-order chi connectivity index (χ1) is 7.22. The highest BCUT2D eigenvalue weighted by Gasteiger charge is 2.21. The van der Waals surface area contributed by atoms with Gasteiger partial charge in [0.05, 0.1) is 20.3 Å². The highest BCUT2D eigenvalue weighted by molar-refractivity contribution is 5.43. The van der Waals surface area contributed by atoms with Crippen molar-refractivity contribution in [1.29, 1.82) is 0 Å². The van der Waals surface area contributed by atoms with Gasteiger partial charge in [0.25, 0.3) is 0 Å². The van der Waals surface area contributed by atoms with E-state index in [1.807, 2.05) is 0 Å². The Bertz CT molecular complexity index is 361. The zero-order chi connectivity index (χ0) is 10.8. The maximum atomic E-state index is 13.2. The lowest BCUT2D eigenvalue weighted by atomic mass is 10.2. The molecular weight excluding hydrogens is 203 g/mol. The van der Waals surface area contributed by atoms with Crippen molar-refractivity contribution in [3.8, 4) is 11.5 Å². The standard InChI is InChI=1S/C10H11FO4/c1-13-8-5-6(4-7(11)9(8)12)10-14-2-3-15-10/h4-5,10,12H,2-3H2,1H3. The van der Waals surface area contributed by atoms with E-state index in [2.05, 4.69) is 0 Å². The van der Waals surface area contributed by atoms with E-state index < -0.39 is 17.9 Å². The maximum absolute atomic E-state index is 13.2. The zero-order valence-corrected chi connectivity index (χ0v) is 8.20. The minimum absolute atomic E-state index is 0.0732. The quantitative estimate of drug-likeness (QED) is 0.812. The molecule has 0 radical (unpaired) electrons. The van der Waals surface area contributed by atoms with Crippen LogP contribution in [0.1, 0.15) is 11.9 Å². The molecule has 1 heterocycles. The van der Waals surface area contributed by atoms with Gasteiger partial charge in [-0.25, -0.2) is 4.39 Å². The van der Waals surface area contributed by atoms with Crippen LogP contribution < -0.4 is 4.74 Å². The molecule has 1 aromatic rings. The summed E-state index contributed by atoms with van der Waals surface area (Å²) in [4.78, 5) is 0. The normalized spacial score (nSPS) is 16.9. The third kappa shape index (κ3) is 1.88. The van der Waals surface area contributed by atoms with Crippen molar-refractivity contribution in [2.24, 2.45) is 0 Å². The van der Waals surface area contributed by atoms with E-state index in [-0.39, 0.29) is 5.75 Å². The van der Waals surface area contributed by atoms with Gasteiger partial charge in [0.15, 0.2) is 23.6 Å². The van der Waals surface area contributed by atoms with Crippen molar-refractivity contribution >= 4 is 0 Å². The molecule has 0 unspecified atom stereocenters. The number of hydrogen-bond donors (Lipinski definition) is 1. The van der Waals surface area contributed by atoms with Crippen molar-refractivity contribution < 1.29 is 23.7 Å². The van der Waals surface area contributed by atoms with E-state index in [1.54, 1.807) is 0 Å². The predicted octanol–water partition coefficient (Wildman–Crippen LogP) is 1.59. The topological polar surface area (TPSA) is 47.9 Å². The lowest BCUT2D eigenvalue weighted by Crippen LogP contribution is -2.00. The van der Waals surface area contributed by atoms with Gasteiger partial charge >= 0.3 is 0 Å². The van der Waals surface area contributed by atoms with Gasteiger partial charge in [0.2, 0.25) is 0 Å². The van der Waals surface area contributed by atoms with Gasteiger partial charge in [-0.05, 0) is 12.1 Å². The summed E-state index contributed by atoms with van der Waals surface area (Å²) in [5, 5.41) is 9.28. The number of phenols is 1. The fourth-order valence-corrected chi connectivity index (χ4v) is 1.44. The molecule has 1 N–H and O–H groups in total. The van der Waals surface area contributed by atoms with Crippen LogP contribution in [0, 0.1) is 5.82 Å². The predicted molar refractivity (Wildman–Crippen MR) is 49.3 cm³/mol. The monoisotopic (exact) mass is 214 g/mol. The average Bonchev–Trinajstić information content (AvgIpc) is 2.75. The summed E-state index contributed by atoms with van der Waals surface area (Å²) in [6.07, 6.45) is -0.575. The molecule has 0 saturated carbocycles. The Kier molecular flexibility index (Phi) is 2.75. The molecular formula is C10H11FO4. The van der Waals surface area contributed by atoms with Gasteiger partial charge in [-0.2, -0.15) is 0 Å². The van der Waals surface area contributed by atoms with E-state index in [9.17, 15) is 9.50 Å². The van der Waals surface area contributed by atoms with Crippen molar-refractivity contribution in [1.82, 2.24) is 0 Å². The third-order valence-corrected chi connectivity index (χ3v) is 2.16. The molecule has 82 valence electrons. The second-order valence-corrected chi connectivity index (χ2v) is 3.13. The fraction of sp³-hybridized carbons (Fsp3) is 0.400. The average molecular weight is 214 g/mol. The lowest BCUT2D eigenvalue weighted by Gasteiger charge is -2.12. The Hall–Kier alpha value is -1.33. The summed E-state index contributed by atoms with van der Waals surface area (Å²) in [6, 6.07) is 2.67. The Balaban J connectivity index is 2.35. The van der Waals surface area contributed by atoms with Gasteiger partial charge in [0, 0.05) is 5.56 Å². The number of hydrogen-bond acceptors (Lipinski definition) is 4. The first-order valence-corrected chi connectivity index (χ1v) is 4.52. The molecule has 2 rings (SSSR count). The molecule has 0 aliphatic carbocycles. The van der Waals surface area contributed by atoms with Crippen molar-refractivity contribution in [2.75, 3.05) is 20.3 Å². The van der Waals surface area contributed by atoms with Gasteiger partial charge in [-0.1, -0.05) is 0 Å². The molecule has 1 aliphatic rings. The van der Waals surface area contributed by atoms with Crippen LogP contribution in [0.3, 0.4) is 0 Å². The lowest BCUT2D eigenvalue weighted by molar-refractivity contribution is -0.0444. The van der Waals surface area contributed by atoms with Crippen LogP contribution in [-0.2, 0) is 9.47 Å². The number of halogens is 1. The Labute approximate surface area is 86.2 Å². The van der Waals surface area contributed by atoms with Crippen LogP contribution in [0.2, 0.25) is 0 Å². The third-order valence-electron chi connectivity index (χ3n) is 2.16. The van der Waals surface area contributed by atoms with E-state index in [1.165, 1.54) is 19.2 Å². The molecule has 1 fully saturated rings. The Morgan fingerprint density at radius 3 is 2.67 bits per heavy atom. The number of methoxy groups -OCH3 is 1. The minimum Gasteiger partial charge on any atom is -0.502 e. The van der Waals surface area contributed by atoms with Crippen molar-refractivity contribution in [3.05, 3.63) is 23.5 Å². The highest BCUT2D eigenvalue weighted by Crippen LogP contribution is 2.34. The largest absolute Gasteiger partial charge is 0.502 e. The van der Waals surface area contributed by atoms with E-state index in [0.717, 1.165) is 0 Å².